The fourth-order valence-corrected chi connectivity index (χ4v) is 8.32. The van der Waals surface area contributed by atoms with Crippen LogP contribution in [0.5, 0.6) is 0 Å². The van der Waals surface area contributed by atoms with Crippen LogP contribution in [0.25, 0.3) is 0 Å². The van der Waals surface area contributed by atoms with Crippen molar-refractivity contribution in [3.63, 3.8) is 0 Å². The topological polar surface area (TPSA) is 72.8 Å². The minimum absolute atomic E-state index is 0.0691. The normalized spacial score (nSPS) is 12.8. The van der Waals surface area contributed by atoms with Crippen molar-refractivity contribution in [2.45, 2.75) is 290 Å². The summed E-state index contributed by atoms with van der Waals surface area (Å²) in [5.41, 5.74) is 0. The summed E-state index contributed by atoms with van der Waals surface area (Å²) in [6.45, 7) is 4.04. The fourth-order valence-electron chi connectivity index (χ4n) is 8.32. The SMILES string of the molecule is CC/C=C\C/C=C\C/C=C\C/C=C\CCCCCCCCCCCCCCCCCCC(=O)OC(CO)COC(=O)CCCCCCCCCCCC/C=C\C/C=C\C/C=C\CCCCCCC. The minimum atomic E-state index is -0.778. The quantitative estimate of drug-likeness (QED) is 0.0374. The first-order chi connectivity index (χ1) is 33.6. The van der Waals surface area contributed by atoms with Gasteiger partial charge in [0.2, 0.25) is 0 Å². The number of ether oxygens (including phenoxy) is 2. The van der Waals surface area contributed by atoms with Gasteiger partial charge in [0.05, 0.1) is 6.61 Å². The molecule has 0 aromatic heterocycles. The van der Waals surface area contributed by atoms with Crippen molar-refractivity contribution < 1.29 is 24.2 Å². The highest BCUT2D eigenvalue weighted by Gasteiger charge is 2.16. The molecule has 1 N–H and O–H groups in total. The van der Waals surface area contributed by atoms with Crippen molar-refractivity contribution in [1.29, 1.82) is 0 Å². The monoisotopic (exact) mass is 947 g/mol. The number of hydrogen-bond acceptors (Lipinski definition) is 5. The van der Waals surface area contributed by atoms with Crippen LogP contribution in [0, 0.1) is 0 Å². The zero-order valence-electron chi connectivity index (χ0n) is 44.9. The number of aliphatic hydroxyl groups excluding tert-OH is 1. The van der Waals surface area contributed by atoms with Crippen molar-refractivity contribution >= 4 is 11.9 Å². The van der Waals surface area contributed by atoms with E-state index in [0.717, 1.165) is 77.0 Å². The van der Waals surface area contributed by atoms with E-state index < -0.39 is 6.10 Å². The van der Waals surface area contributed by atoms with Crippen LogP contribution in [-0.2, 0) is 19.1 Å². The smallest absolute Gasteiger partial charge is 0.306 e. The molecule has 0 aliphatic carbocycles. The molecule has 5 heteroatoms. The van der Waals surface area contributed by atoms with E-state index >= 15 is 0 Å². The second-order valence-electron chi connectivity index (χ2n) is 19.3. The van der Waals surface area contributed by atoms with E-state index in [1.54, 1.807) is 0 Å². The van der Waals surface area contributed by atoms with E-state index in [1.165, 1.54) is 180 Å². The van der Waals surface area contributed by atoms with Gasteiger partial charge in [0.1, 0.15) is 6.61 Å². The summed E-state index contributed by atoms with van der Waals surface area (Å²) in [4.78, 5) is 24.6. The first kappa shape index (κ1) is 65.1. The Bertz CT molecular complexity index is 1250. The fraction of sp³-hybridized carbons (Fsp3) is 0.746. The molecule has 0 spiro atoms. The van der Waals surface area contributed by atoms with Crippen LogP contribution >= 0.6 is 0 Å². The van der Waals surface area contributed by atoms with Gasteiger partial charge in [-0.15, -0.1) is 0 Å². The van der Waals surface area contributed by atoms with Crippen molar-refractivity contribution in [3.05, 3.63) is 85.1 Å². The lowest BCUT2D eigenvalue weighted by Crippen LogP contribution is -2.28. The predicted octanol–water partition coefficient (Wildman–Crippen LogP) is 19.8. The molecule has 0 aromatic rings. The zero-order chi connectivity index (χ0) is 49.2. The highest BCUT2D eigenvalue weighted by Crippen LogP contribution is 2.16. The maximum Gasteiger partial charge on any atom is 0.306 e. The van der Waals surface area contributed by atoms with Gasteiger partial charge in [0.15, 0.2) is 6.10 Å². The molecule has 0 bridgehead atoms. The number of aliphatic hydroxyl groups is 1. The van der Waals surface area contributed by atoms with Gasteiger partial charge in [-0.1, -0.05) is 266 Å². The Hall–Kier alpha value is -2.92. The van der Waals surface area contributed by atoms with Crippen LogP contribution in [0.2, 0.25) is 0 Å². The largest absolute Gasteiger partial charge is 0.462 e. The first-order valence-corrected chi connectivity index (χ1v) is 29.1. The Kier molecular flexibility index (Phi) is 55.9. The van der Waals surface area contributed by atoms with Gasteiger partial charge in [-0.3, -0.25) is 9.59 Å². The molecule has 1 unspecified atom stereocenters. The lowest BCUT2D eigenvalue weighted by atomic mass is 10.0. The van der Waals surface area contributed by atoms with Crippen LogP contribution in [0.15, 0.2) is 85.1 Å². The van der Waals surface area contributed by atoms with Crippen molar-refractivity contribution in [1.82, 2.24) is 0 Å². The van der Waals surface area contributed by atoms with Crippen LogP contribution in [0.4, 0.5) is 0 Å². The number of carbonyl (C=O) groups is 2. The molecule has 1 atom stereocenters. The third-order valence-electron chi connectivity index (χ3n) is 12.7. The van der Waals surface area contributed by atoms with Crippen LogP contribution in [0.1, 0.15) is 284 Å². The van der Waals surface area contributed by atoms with Crippen molar-refractivity contribution in [2.75, 3.05) is 13.2 Å². The number of esters is 2. The molecular weight excluding hydrogens is 837 g/mol. The lowest BCUT2D eigenvalue weighted by Gasteiger charge is -2.15. The second-order valence-corrected chi connectivity index (χ2v) is 19.3. The molecule has 0 aliphatic rings. The molecule has 0 aliphatic heterocycles. The van der Waals surface area contributed by atoms with Crippen molar-refractivity contribution in [3.8, 4) is 0 Å². The summed E-state index contributed by atoms with van der Waals surface area (Å²) >= 11 is 0. The zero-order valence-corrected chi connectivity index (χ0v) is 44.9. The lowest BCUT2D eigenvalue weighted by molar-refractivity contribution is -0.161. The second kappa shape index (κ2) is 58.4. The van der Waals surface area contributed by atoms with Gasteiger partial charge in [-0.2, -0.15) is 0 Å². The van der Waals surface area contributed by atoms with E-state index in [9.17, 15) is 14.7 Å². The van der Waals surface area contributed by atoms with Crippen LogP contribution < -0.4 is 0 Å². The van der Waals surface area contributed by atoms with Gasteiger partial charge >= 0.3 is 11.9 Å². The predicted molar refractivity (Wildman–Crippen MR) is 297 cm³/mol. The molecule has 68 heavy (non-hydrogen) atoms. The van der Waals surface area contributed by atoms with Gasteiger partial charge < -0.3 is 14.6 Å². The van der Waals surface area contributed by atoms with Crippen LogP contribution in [0.3, 0.4) is 0 Å². The number of hydrogen-bond donors (Lipinski definition) is 1. The maximum absolute atomic E-state index is 12.3. The van der Waals surface area contributed by atoms with Gasteiger partial charge in [0, 0.05) is 12.8 Å². The average molecular weight is 948 g/mol. The summed E-state index contributed by atoms with van der Waals surface area (Å²) in [7, 11) is 0. The molecular formula is C63H110O5. The number of carbonyl (C=O) groups excluding carboxylic acids is 2. The molecule has 0 radical (unpaired) electrons. The number of unbranched alkanes of at least 4 members (excludes halogenated alkanes) is 31. The molecule has 0 fully saturated rings. The van der Waals surface area contributed by atoms with E-state index in [4.69, 9.17) is 9.47 Å². The Balaban J connectivity index is 3.49. The Morgan fingerprint density at radius 3 is 0.956 bits per heavy atom. The highest BCUT2D eigenvalue weighted by atomic mass is 16.6. The molecule has 0 amide bonds. The summed E-state index contributed by atoms with van der Waals surface area (Å²) in [5, 5.41) is 9.66. The van der Waals surface area contributed by atoms with E-state index in [0.29, 0.717) is 12.8 Å². The average Bonchev–Trinajstić information content (AvgIpc) is 3.34. The van der Waals surface area contributed by atoms with E-state index in [-0.39, 0.29) is 25.2 Å². The summed E-state index contributed by atoms with van der Waals surface area (Å²) < 4.78 is 10.7. The molecule has 0 heterocycles. The van der Waals surface area contributed by atoms with E-state index in [2.05, 4.69) is 98.9 Å². The Morgan fingerprint density at radius 1 is 0.353 bits per heavy atom. The first-order valence-electron chi connectivity index (χ1n) is 29.1. The third kappa shape index (κ3) is 55.7. The molecule has 392 valence electrons. The minimum Gasteiger partial charge on any atom is -0.462 e. The number of rotatable bonds is 53. The number of allylic oxidation sites excluding steroid dienone is 14. The van der Waals surface area contributed by atoms with Gasteiger partial charge in [-0.05, 0) is 89.9 Å². The van der Waals surface area contributed by atoms with Gasteiger partial charge in [0.25, 0.3) is 0 Å². The standard InChI is InChI=1S/C63H110O5/c1-3-5-7-9-11-13-15-17-19-21-23-25-27-29-30-31-32-34-36-38-40-42-44-46-48-50-52-54-56-58-63(66)68-61(59-64)60-67-62(65)57-55-53-51-49-47-45-43-41-39-37-35-33-28-26-24-22-20-18-16-14-12-10-8-6-4-2/h5,7,11,13,16-19,22-25,28,33,61,64H,3-4,6,8-10,12,14-15,20-21,26-27,29-32,34-60H2,1-2H3/b7-5-,13-11-,18-16-,19-17-,24-22-,25-23-,33-28-. The summed E-state index contributed by atoms with van der Waals surface area (Å²) in [6.07, 6.45) is 81.3. The summed E-state index contributed by atoms with van der Waals surface area (Å²) in [6, 6.07) is 0. The Morgan fingerprint density at radius 2 is 0.632 bits per heavy atom. The molecule has 0 saturated carbocycles. The van der Waals surface area contributed by atoms with E-state index in [1.807, 2.05) is 0 Å². The molecule has 0 rings (SSSR count). The van der Waals surface area contributed by atoms with Crippen molar-refractivity contribution in [2.24, 2.45) is 0 Å². The summed E-state index contributed by atoms with van der Waals surface area (Å²) in [5.74, 6) is -0.588. The highest BCUT2D eigenvalue weighted by molar-refractivity contribution is 5.70. The molecule has 0 aromatic carbocycles. The third-order valence-corrected chi connectivity index (χ3v) is 12.7. The molecule has 5 nitrogen and oxygen atoms in total. The Labute approximate surface area is 422 Å². The van der Waals surface area contributed by atoms with Crippen LogP contribution in [-0.4, -0.2) is 36.4 Å². The van der Waals surface area contributed by atoms with Gasteiger partial charge in [-0.25, -0.2) is 0 Å². The maximum atomic E-state index is 12.3. The molecule has 0 saturated heterocycles.